The maximum Gasteiger partial charge on any atom is 0.315 e. The molecule has 4 rings (SSSR count). The average molecular weight is 449 g/mol. The summed E-state index contributed by atoms with van der Waals surface area (Å²) in [4.78, 5) is 15.6. The number of carbonyl (C=O) groups is 1. The number of H-pyrrole nitrogens is 1. The van der Waals surface area contributed by atoms with Crippen molar-refractivity contribution in [3.8, 4) is 0 Å². The van der Waals surface area contributed by atoms with Crippen LogP contribution >= 0.6 is 39.1 Å². The van der Waals surface area contributed by atoms with Crippen LogP contribution in [-0.4, -0.2) is 35.1 Å². The lowest BCUT2D eigenvalue weighted by molar-refractivity contribution is -0.187. The molecule has 0 saturated carbocycles. The predicted octanol–water partition coefficient (Wildman–Crippen LogP) is 4.66. The van der Waals surface area contributed by atoms with Gasteiger partial charge in [0.05, 0.1) is 28.8 Å². The van der Waals surface area contributed by atoms with Crippen LogP contribution in [0.2, 0.25) is 10.0 Å². The summed E-state index contributed by atoms with van der Waals surface area (Å²) < 4.78 is 12.5. The molecule has 2 aromatic rings. The molecule has 1 spiro atoms. The Morgan fingerprint density at radius 2 is 2.08 bits per heavy atom. The fraction of sp³-hybridized carbons (Fsp3) is 0.471. The Balaban J connectivity index is 2.07. The molecule has 0 bridgehead atoms. The summed E-state index contributed by atoms with van der Waals surface area (Å²) in [6.45, 7) is 2.79. The number of hydrogen-bond donors (Lipinski definition) is 2. The molecule has 25 heavy (non-hydrogen) atoms. The van der Waals surface area contributed by atoms with Crippen molar-refractivity contribution < 1.29 is 19.4 Å². The van der Waals surface area contributed by atoms with E-state index in [1.54, 1.807) is 6.07 Å². The second-order valence-electron chi connectivity index (χ2n) is 6.58. The first-order valence-corrected chi connectivity index (χ1v) is 9.58. The summed E-state index contributed by atoms with van der Waals surface area (Å²) >= 11 is 16.1. The van der Waals surface area contributed by atoms with Gasteiger partial charge >= 0.3 is 5.97 Å². The second-order valence-corrected chi connectivity index (χ2v) is 8.22. The fourth-order valence-electron chi connectivity index (χ4n) is 4.14. The highest BCUT2D eigenvalue weighted by molar-refractivity contribution is 9.10. The summed E-state index contributed by atoms with van der Waals surface area (Å²) in [5.74, 6) is -1.82. The van der Waals surface area contributed by atoms with Crippen LogP contribution in [0.3, 0.4) is 0 Å². The van der Waals surface area contributed by atoms with Crippen LogP contribution < -0.4 is 0 Å². The standard InChI is InChI=1S/C17H16BrCl2NO4/c1-2-16(15(22)23)7-17(24-3-4-25-17)6-8-11-9(18)5-10(19)12(20)13(11)21-14(8)16/h5,21H,2-4,6-7H2,1H3,(H,22,23). The van der Waals surface area contributed by atoms with Gasteiger partial charge in [0.2, 0.25) is 0 Å². The summed E-state index contributed by atoms with van der Waals surface area (Å²) in [6.07, 6.45) is 1.13. The SMILES string of the molecule is CCC1(C(=O)O)CC2(Cc3c1[nH]c1c(Cl)c(Cl)cc(Br)c31)OCCO2. The maximum atomic E-state index is 12.3. The van der Waals surface area contributed by atoms with Crippen LogP contribution in [0.1, 0.15) is 31.0 Å². The lowest BCUT2D eigenvalue weighted by Gasteiger charge is -2.41. The smallest absolute Gasteiger partial charge is 0.315 e. The molecule has 1 aliphatic heterocycles. The Hall–Kier alpha value is -0.790. The topological polar surface area (TPSA) is 71.5 Å². The Morgan fingerprint density at radius 1 is 1.40 bits per heavy atom. The Morgan fingerprint density at radius 3 is 2.68 bits per heavy atom. The van der Waals surface area contributed by atoms with Gasteiger partial charge in [0.25, 0.3) is 0 Å². The maximum absolute atomic E-state index is 12.3. The van der Waals surface area contributed by atoms with Crippen molar-refractivity contribution in [2.75, 3.05) is 13.2 Å². The fourth-order valence-corrected chi connectivity index (χ4v) is 5.33. The zero-order chi connectivity index (χ0) is 18.0. The molecule has 134 valence electrons. The van der Waals surface area contributed by atoms with Gasteiger partial charge in [0, 0.05) is 28.4 Å². The van der Waals surface area contributed by atoms with Crippen molar-refractivity contribution in [2.45, 2.75) is 37.4 Å². The van der Waals surface area contributed by atoms with Crippen LogP contribution in [0, 0.1) is 0 Å². The number of benzene rings is 1. The van der Waals surface area contributed by atoms with E-state index in [1.807, 2.05) is 6.92 Å². The number of fused-ring (bicyclic) bond motifs is 3. The van der Waals surface area contributed by atoms with Gasteiger partial charge in [0.1, 0.15) is 5.41 Å². The lowest BCUT2D eigenvalue weighted by atomic mass is 9.69. The van der Waals surface area contributed by atoms with Crippen molar-refractivity contribution in [2.24, 2.45) is 0 Å². The van der Waals surface area contributed by atoms with Crippen molar-refractivity contribution in [3.63, 3.8) is 0 Å². The van der Waals surface area contributed by atoms with E-state index in [0.29, 0.717) is 47.3 Å². The van der Waals surface area contributed by atoms with Gasteiger partial charge in [-0.25, -0.2) is 0 Å². The molecule has 8 heteroatoms. The number of aliphatic carboxylic acids is 1. The minimum atomic E-state index is -1.13. The molecule has 1 aliphatic carbocycles. The van der Waals surface area contributed by atoms with Gasteiger partial charge in [-0.3, -0.25) is 4.79 Å². The third-order valence-corrected chi connectivity index (χ3v) is 6.76. The quantitative estimate of drug-likeness (QED) is 0.655. The van der Waals surface area contributed by atoms with Gasteiger partial charge in [-0.15, -0.1) is 0 Å². The number of halogens is 3. The predicted molar refractivity (Wildman–Crippen MR) is 98.6 cm³/mol. The molecule has 2 N–H and O–H groups in total. The molecule has 1 atom stereocenters. The average Bonchev–Trinajstić information content (AvgIpc) is 3.17. The Bertz CT molecular complexity index is 891. The molecular weight excluding hydrogens is 433 g/mol. The zero-order valence-electron chi connectivity index (χ0n) is 13.4. The van der Waals surface area contributed by atoms with Crippen molar-refractivity contribution in [1.82, 2.24) is 4.98 Å². The van der Waals surface area contributed by atoms with Crippen LogP contribution in [0.25, 0.3) is 10.9 Å². The van der Waals surface area contributed by atoms with E-state index in [4.69, 9.17) is 32.7 Å². The van der Waals surface area contributed by atoms with E-state index in [0.717, 1.165) is 15.4 Å². The van der Waals surface area contributed by atoms with Gasteiger partial charge in [-0.05, 0) is 18.1 Å². The summed E-state index contributed by atoms with van der Waals surface area (Å²) in [7, 11) is 0. The third kappa shape index (κ3) is 2.38. The number of carboxylic acids is 1. The van der Waals surface area contributed by atoms with E-state index in [2.05, 4.69) is 20.9 Å². The summed E-state index contributed by atoms with van der Waals surface area (Å²) in [6, 6.07) is 1.73. The number of aromatic amines is 1. The number of carboxylic acid groups (broad SMARTS) is 1. The van der Waals surface area contributed by atoms with E-state index in [-0.39, 0.29) is 6.42 Å². The first-order valence-electron chi connectivity index (χ1n) is 8.03. The van der Waals surface area contributed by atoms with E-state index in [1.165, 1.54) is 0 Å². The molecule has 2 aliphatic rings. The molecule has 1 unspecified atom stereocenters. The molecular formula is C17H16BrCl2NO4. The van der Waals surface area contributed by atoms with Crippen LogP contribution in [0.5, 0.6) is 0 Å². The highest BCUT2D eigenvalue weighted by atomic mass is 79.9. The molecule has 5 nitrogen and oxygen atoms in total. The number of nitrogens with one attached hydrogen (secondary N) is 1. The number of ether oxygens (including phenoxy) is 2. The largest absolute Gasteiger partial charge is 0.481 e. The molecule has 1 fully saturated rings. The van der Waals surface area contributed by atoms with Gasteiger partial charge in [-0.2, -0.15) is 0 Å². The Labute approximate surface area is 162 Å². The van der Waals surface area contributed by atoms with Crippen molar-refractivity contribution in [1.29, 1.82) is 0 Å². The van der Waals surface area contributed by atoms with E-state index >= 15 is 0 Å². The van der Waals surface area contributed by atoms with Crippen LogP contribution in [0.4, 0.5) is 0 Å². The highest BCUT2D eigenvalue weighted by Gasteiger charge is 2.56. The van der Waals surface area contributed by atoms with Gasteiger partial charge in [0.15, 0.2) is 5.79 Å². The second kappa shape index (κ2) is 5.86. The minimum absolute atomic E-state index is 0.259. The van der Waals surface area contributed by atoms with Crippen LogP contribution in [0.15, 0.2) is 10.5 Å². The number of rotatable bonds is 2. The number of hydrogen-bond acceptors (Lipinski definition) is 3. The summed E-state index contributed by atoms with van der Waals surface area (Å²) in [5.41, 5.74) is 1.02. The van der Waals surface area contributed by atoms with Crippen molar-refractivity contribution >= 4 is 56.0 Å². The first-order chi connectivity index (χ1) is 11.8. The number of aromatic nitrogens is 1. The monoisotopic (exact) mass is 447 g/mol. The molecule has 1 aromatic carbocycles. The first kappa shape index (κ1) is 17.6. The highest BCUT2D eigenvalue weighted by Crippen LogP contribution is 2.51. The molecule has 1 aromatic heterocycles. The van der Waals surface area contributed by atoms with E-state index < -0.39 is 17.2 Å². The summed E-state index contributed by atoms with van der Waals surface area (Å²) in [5, 5.41) is 11.7. The third-order valence-electron chi connectivity index (χ3n) is 5.35. The van der Waals surface area contributed by atoms with Gasteiger partial charge in [-0.1, -0.05) is 46.1 Å². The normalized spacial score (nSPS) is 24.8. The Kier molecular flexibility index (Phi) is 4.13. The lowest BCUT2D eigenvalue weighted by Crippen LogP contribution is -2.50. The van der Waals surface area contributed by atoms with Crippen molar-refractivity contribution in [3.05, 3.63) is 31.8 Å². The van der Waals surface area contributed by atoms with Gasteiger partial charge < -0.3 is 19.6 Å². The molecule has 2 heterocycles. The van der Waals surface area contributed by atoms with Crippen LogP contribution in [-0.2, 0) is 26.1 Å². The zero-order valence-corrected chi connectivity index (χ0v) is 16.5. The molecule has 0 radical (unpaired) electrons. The molecule has 0 amide bonds. The molecule has 1 saturated heterocycles. The van der Waals surface area contributed by atoms with E-state index in [9.17, 15) is 9.90 Å². The minimum Gasteiger partial charge on any atom is -0.481 e.